The molecule has 0 saturated heterocycles. The van der Waals surface area contributed by atoms with Crippen LogP contribution in [0.1, 0.15) is 22.8 Å². The van der Waals surface area contributed by atoms with Crippen LogP contribution in [0.3, 0.4) is 0 Å². The third kappa shape index (κ3) is 4.19. The minimum atomic E-state index is -0.432. The fraction of sp³-hybridized carbons (Fsp3) is 0.143. The van der Waals surface area contributed by atoms with Crippen LogP contribution < -0.4 is 14.8 Å². The molecule has 0 bridgehead atoms. The smallest absolute Gasteiger partial charge is 0.343 e. The molecule has 0 aliphatic carbocycles. The molecule has 26 heavy (non-hydrogen) atoms. The van der Waals surface area contributed by atoms with Crippen LogP contribution in [0.25, 0.3) is 10.8 Å². The van der Waals surface area contributed by atoms with Crippen molar-refractivity contribution in [3.63, 3.8) is 0 Å². The zero-order chi connectivity index (χ0) is 18.5. The maximum atomic E-state index is 12.3. The number of amides is 1. The molecule has 5 nitrogen and oxygen atoms in total. The van der Waals surface area contributed by atoms with Gasteiger partial charge >= 0.3 is 5.97 Å². The minimum Gasteiger partial charge on any atom is -0.497 e. The van der Waals surface area contributed by atoms with Gasteiger partial charge in [-0.3, -0.25) is 4.79 Å². The Morgan fingerprint density at radius 1 is 0.885 bits per heavy atom. The molecule has 0 radical (unpaired) electrons. The Morgan fingerprint density at radius 2 is 1.54 bits per heavy atom. The number of fused-ring (bicyclic) bond motifs is 1. The van der Waals surface area contributed by atoms with Gasteiger partial charge in [0.15, 0.2) is 0 Å². The van der Waals surface area contributed by atoms with Gasteiger partial charge in [-0.05, 0) is 52.7 Å². The summed E-state index contributed by atoms with van der Waals surface area (Å²) in [5.41, 5.74) is 1.36. The van der Waals surface area contributed by atoms with Crippen molar-refractivity contribution in [3.05, 3.63) is 71.8 Å². The summed E-state index contributed by atoms with van der Waals surface area (Å²) >= 11 is 0. The van der Waals surface area contributed by atoms with Crippen molar-refractivity contribution in [1.82, 2.24) is 5.32 Å². The maximum absolute atomic E-state index is 12.3. The monoisotopic (exact) mass is 349 g/mol. The first-order valence-electron chi connectivity index (χ1n) is 8.18. The lowest BCUT2D eigenvalue weighted by Gasteiger charge is -2.08. The quantitative estimate of drug-likeness (QED) is 0.563. The summed E-state index contributed by atoms with van der Waals surface area (Å²) in [5, 5.41) is 4.68. The van der Waals surface area contributed by atoms with E-state index in [0.717, 1.165) is 22.1 Å². The standard InChI is InChI=1S/C21H19NO4/c1-14(23)22-13-15-3-5-17(6-4-15)21(24)26-20-10-8-16-7-9-19(25-2)11-18(16)12-20/h3-12H,13H2,1-2H3,(H,22,23). The van der Waals surface area contributed by atoms with Crippen molar-refractivity contribution in [1.29, 1.82) is 0 Å². The van der Waals surface area contributed by atoms with E-state index in [2.05, 4.69) is 5.32 Å². The molecule has 3 aromatic carbocycles. The molecule has 3 rings (SSSR count). The number of carbonyl (C=O) groups is 2. The summed E-state index contributed by atoms with van der Waals surface area (Å²) in [6, 6.07) is 18.1. The Balaban J connectivity index is 1.72. The molecule has 0 aromatic heterocycles. The summed E-state index contributed by atoms with van der Waals surface area (Å²) in [7, 11) is 1.61. The fourth-order valence-corrected chi connectivity index (χ4v) is 2.54. The van der Waals surface area contributed by atoms with Crippen molar-refractivity contribution in [2.24, 2.45) is 0 Å². The van der Waals surface area contributed by atoms with E-state index in [0.29, 0.717) is 17.9 Å². The average molecular weight is 349 g/mol. The maximum Gasteiger partial charge on any atom is 0.343 e. The second-order valence-electron chi connectivity index (χ2n) is 5.87. The molecule has 132 valence electrons. The first-order chi connectivity index (χ1) is 12.5. The highest BCUT2D eigenvalue weighted by Gasteiger charge is 2.09. The molecular formula is C21H19NO4. The Morgan fingerprint density at radius 3 is 2.19 bits per heavy atom. The van der Waals surface area contributed by atoms with Crippen LogP contribution in [0.2, 0.25) is 0 Å². The van der Waals surface area contributed by atoms with E-state index < -0.39 is 5.97 Å². The Hall–Kier alpha value is -3.34. The lowest BCUT2D eigenvalue weighted by molar-refractivity contribution is -0.119. The SMILES string of the molecule is COc1ccc2ccc(OC(=O)c3ccc(CNC(C)=O)cc3)cc2c1. The second kappa shape index (κ2) is 7.70. The van der Waals surface area contributed by atoms with Gasteiger partial charge in [-0.1, -0.05) is 24.3 Å². The van der Waals surface area contributed by atoms with E-state index in [1.165, 1.54) is 6.92 Å². The number of methoxy groups -OCH3 is 1. The van der Waals surface area contributed by atoms with Gasteiger partial charge in [0.05, 0.1) is 12.7 Å². The van der Waals surface area contributed by atoms with Gasteiger partial charge in [0.1, 0.15) is 11.5 Å². The van der Waals surface area contributed by atoms with E-state index >= 15 is 0 Å². The van der Waals surface area contributed by atoms with Gasteiger partial charge in [-0.2, -0.15) is 0 Å². The molecule has 1 amide bonds. The van der Waals surface area contributed by atoms with Crippen LogP contribution in [0.15, 0.2) is 60.7 Å². The van der Waals surface area contributed by atoms with Crippen molar-refractivity contribution < 1.29 is 19.1 Å². The van der Waals surface area contributed by atoms with Gasteiger partial charge in [-0.15, -0.1) is 0 Å². The summed E-state index contributed by atoms with van der Waals surface area (Å²) in [6.07, 6.45) is 0. The Kier molecular flexibility index (Phi) is 5.17. The highest BCUT2D eigenvalue weighted by Crippen LogP contribution is 2.25. The topological polar surface area (TPSA) is 64.6 Å². The lowest BCUT2D eigenvalue weighted by Crippen LogP contribution is -2.18. The third-order valence-corrected chi connectivity index (χ3v) is 3.96. The predicted molar refractivity (Wildman–Crippen MR) is 99.4 cm³/mol. The first kappa shape index (κ1) is 17.5. The molecule has 3 aromatic rings. The zero-order valence-corrected chi connectivity index (χ0v) is 14.6. The van der Waals surface area contributed by atoms with Gasteiger partial charge in [-0.25, -0.2) is 4.79 Å². The summed E-state index contributed by atoms with van der Waals surface area (Å²) in [4.78, 5) is 23.3. The Bertz CT molecular complexity index is 948. The number of hydrogen-bond donors (Lipinski definition) is 1. The molecule has 0 spiro atoms. The minimum absolute atomic E-state index is 0.0959. The highest BCUT2D eigenvalue weighted by atomic mass is 16.5. The van der Waals surface area contributed by atoms with Gasteiger partial charge in [0, 0.05) is 13.5 Å². The van der Waals surface area contributed by atoms with Gasteiger partial charge in [0.2, 0.25) is 5.91 Å². The van der Waals surface area contributed by atoms with Crippen LogP contribution in [-0.2, 0) is 11.3 Å². The summed E-state index contributed by atoms with van der Waals surface area (Å²) in [5.74, 6) is 0.688. The average Bonchev–Trinajstić information content (AvgIpc) is 2.66. The molecule has 0 heterocycles. The molecule has 5 heteroatoms. The molecule has 0 fully saturated rings. The third-order valence-electron chi connectivity index (χ3n) is 3.96. The lowest BCUT2D eigenvalue weighted by atomic mass is 10.1. The number of rotatable bonds is 5. The van der Waals surface area contributed by atoms with E-state index in [1.807, 2.05) is 24.3 Å². The first-order valence-corrected chi connectivity index (χ1v) is 8.18. The Labute approximate surface area is 151 Å². The predicted octanol–water partition coefficient (Wildman–Crippen LogP) is 3.70. The van der Waals surface area contributed by atoms with Crippen LogP contribution in [0, 0.1) is 0 Å². The van der Waals surface area contributed by atoms with Crippen molar-refractivity contribution >= 4 is 22.6 Å². The van der Waals surface area contributed by atoms with Crippen LogP contribution in [0.4, 0.5) is 0 Å². The van der Waals surface area contributed by atoms with Crippen LogP contribution >= 0.6 is 0 Å². The number of nitrogens with one attached hydrogen (secondary N) is 1. The molecular weight excluding hydrogens is 330 g/mol. The van der Waals surface area contributed by atoms with E-state index in [9.17, 15) is 9.59 Å². The molecule has 0 unspecified atom stereocenters. The molecule has 0 saturated carbocycles. The number of benzene rings is 3. The van der Waals surface area contributed by atoms with E-state index in [-0.39, 0.29) is 5.91 Å². The highest BCUT2D eigenvalue weighted by molar-refractivity contribution is 5.92. The fourth-order valence-electron chi connectivity index (χ4n) is 2.54. The zero-order valence-electron chi connectivity index (χ0n) is 14.6. The number of esters is 1. The number of ether oxygens (including phenoxy) is 2. The largest absolute Gasteiger partial charge is 0.497 e. The van der Waals surface area contributed by atoms with Crippen LogP contribution in [0.5, 0.6) is 11.5 Å². The molecule has 0 aliphatic rings. The van der Waals surface area contributed by atoms with Gasteiger partial charge < -0.3 is 14.8 Å². The van der Waals surface area contributed by atoms with Crippen LogP contribution in [-0.4, -0.2) is 19.0 Å². The second-order valence-corrected chi connectivity index (χ2v) is 5.87. The van der Waals surface area contributed by atoms with Gasteiger partial charge in [0.25, 0.3) is 0 Å². The molecule has 0 aliphatic heterocycles. The number of hydrogen-bond acceptors (Lipinski definition) is 4. The van der Waals surface area contributed by atoms with Crippen molar-refractivity contribution in [3.8, 4) is 11.5 Å². The molecule has 1 N–H and O–H groups in total. The summed E-state index contributed by atoms with van der Waals surface area (Å²) in [6.45, 7) is 1.89. The van der Waals surface area contributed by atoms with Crippen molar-refractivity contribution in [2.75, 3.05) is 7.11 Å². The van der Waals surface area contributed by atoms with E-state index in [1.54, 1.807) is 43.5 Å². The number of carbonyl (C=O) groups excluding carboxylic acids is 2. The normalized spacial score (nSPS) is 10.4. The summed E-state index contributed by atoms with van der Waals surface area (Å²) < 4.78 is 10.7. The van der Waals surface area contributed by atoms with E-state index in [4.69, 9.17) is 9.47 Å². The van der Waals surface area contributed by atoms with Crippen molar-refractivity contribution in [2.45, 2.75) is 13.5 Å². The molecule has 0 atom stereocenters.